The van der Waals surface area contributed by atoms with Crippen molar-refractivity contribution in [1.29, 1.82) is 0 Å². The van der Waals surface area contributed by atoms with Gasteiger partial charge in [0.1, 0.15) is 11.5 Å². The Labute approximate surface area is 206 Å². The molecule has 0 bridgehead atoms. The lowest BCUT2D eigenvalue weighted by Gasteiger charge is -2.20. The Kier molecular flexibility index (Phi) is 11.9. The Morgan fingerprint density at radius 2 is 1.87 bits per heavy atom. The normalized spacial score (nSPS) is 10.3. The quantitative estimate of drug-likeness (QED) is 0.297. The highest BCUT2D eigenvalue weighted by atomic mass is 125. The topological polar surface area (TPSA) is 83.0 Å². The van der Waals surface area contributed by atoms with Gasteiger partial charge in [-0.3, -0.25) is 9.78 Å². The van der Waals surface area contributed by atoms with Crippen LogP contribution in [0.15, 0.2) is 42.6 Å². The minimum absolute atomic E-state index is 0. The Morgan fingerprint density at radius 3 is 2.61 bits per heavy atom. The molecule has 0 saturated heterocycles. The first kappa shape index (κ1) is 27.2. The number of benzene rings is 1. The van der Waals surface area contributed by atoms with Crippen LogP contribution in [-0.4, -0.2) is 58.5 Å². The van der Waals surface area contributed by atoms with E-state index in [0.717, 1.165) is 22.2 Å². The molecule has 0 aliphatic heterocycles. The molecular weight excluding hydrogens is 555 g/mol. The van der Waals surface area contributed by atoms with Crippen molar-refractivity contribution in [2.75, 3.05) is 38.0 Å². The van der Waals surface area contributed by atoms with Crippen LogP contribution in [-0.2, 0) is 0 Å². The minimum Gasteiger partial charge on any atom is -0.369 e. The number of likely N-dealkylation sites (N-methyl/N-ethyl adjacent to an activating group) is 1. The van der Waals surface area contributed by atoms with Crippen molar-refractivity contribution in [2.24, 2.45) is 0 Å². The smallest absolute Gasteiger partial charge is 0.271 e. The highest BCUT2D eigenvalue weighted by molar-refractivity contribution is 14.1. The van der Waals surface area contributed by atoms with Crippen molar-refractivity contribution in [3.05, 3.63) is 57.8 Å². The molecule has 0 fully saturated rings. The Balaban J connectivity index is 0.00000240. The molecule has 168 valence electrons. The number of carbonyl (C=O) groups excluding carboxylic acids is 1. The number of nitrogens with zero attached hydrogens (tertiary/aromatic N) is 4. The van der Waals surface area contributed by atoms with Gasteiger partial charge in [-0.2, -0.15) is 4.39 Å². The fourth-order valence-corrected chi connectivity index (χ4v) is 3.26. The van der Waals surface area contributed by atoms with Crippen LogP contribution in [0.1, 0.15) is 17.4 Å². The molecule has 2 heterocycles. The zero-order valence-electron chi connectivity index (χ0n) is 16.8. The van der Waals surface area contributed by atoms with Gasteiger partial charge in [0.15, 0.2) is 0 Å². The maximum Gasteiger partial charge on any atom is 0.271 e. The molecule has 0 spiro atoms. The molecule has 31 heavy (non-hydrogen) atoms. The predicted octanol–water partition coefficient (Wildman–Crippen LogP) is 3.78. The molecular formula is C20H24Cl2FIN6O. The number of carbonyl (C=O) groups is 1. The average molecular weight is 579 g/mol. The number of pyridine rings is 1. The molecule has 1 amide bonds. The van der Waals surface area contributed by atoms with Gasteiger partial charge in [0.05, 0.1) is 17.2 Å². The summed E-state index contributed by atoms with van der Waals surface area (Å²) >= 11 is 2.22. The maximum absolute atomic E-state index is 13.1. The molecule has 3 rings (SSSR count). The summed E-state index contributed by atoms with van der Waals surface area (Å²) in [5.74, 6) is -0.230. The first-order valence-electron chi connectivity index (χ1n) is 9.34. The van der Waals surface area contributed by atoms with Crippen molar-refractivity contribution in [3.63, 3.8) is 0 Å². The second-order valence-electron chi connectivity index (χ2n) is 6.35. The van der Waals surface area contributed by atoms with Crippen molar-refractivity contribution in [1.82, 2.24) is 25.2 Å². The predicted molar refractivity (Wildman–Crippen MR) is 134 cm³/mol. The van der Waals surface area contributed by atoms with Gasteiger partial charge in [-0.05, 0) is 59.5 Å². The second kappa shape index (κ2) is 13.6. The number of amides is 1. The fourth-order valence-electron chi connectivity index (χ4n) is 2.79. The standard InChI is InChI=1S/C20H22FIN6O.2ClH/c1-2-28(10-8-23-19-5-3-4-18(21)27-19)11-9-24-20(29)17-13-25-16-12-14(22)6-7-15(16)26-17;;/h3-7,12-13H,2,8-11H2,1H3,(H,23,27)(H,24,29);2*1H/i22-2;;. The number of fused-ring (bicyclic) bond motifs is 1. The Hall–Kier alpha value is -1.82. The van der Waals surface area contributed by atoms with Crippen LogP contribution in [0.2, 0.25) is 0 Å². The van der Waals surface area contributed by atoms with Crippen molar-refractivity contribution >= 4 is 70.2 Å². The van der Waals surface area contributed by atoms with E-state index >= 15 is 0 Å². The number of anilines is 1. The van der Waals surface area contributed by atoms with E-state index in [0.29, 0.717) is 36.7 Å². The summed E-state index contributed by atoms with van der Waals surface area (Å²) < 4.78 is 14.2. The molecule has 3 aromatic rings. The van der Waals surface area contributed by atoms with Crippen molar-refractivity contribution < 1.29 is 9.18 Å². The van der Waals surface area contributed by atoms with E-state index < -0.39 is 5.95 Å². The van der Waals surface area contributed by atoms with Crippen LogP contribution in [0, 0.1) is 9.52 Å². The molecule has 0 aliphatic rings. The van der Waals surface area contributed by atoms with Crippen LogP contribution in [0.25, 0.3) is 11.0 Å². The van der Waals surface area contributed by atoms with Crippen LogP contribution >= 0.6 is 47.4 Å². The lowest BCUT2D eigenvalue weighted by molar-refractivity contribution is 0.0944. The largest absolute Gasteiger partial charge is 0.369 e. The van der Waals surface area contributed by atoms with E-state index in [2.05, 4.69) is 60.0 Å². The molecule has 0 aliphatic carbocycles. The van der Waals surface area contributed by atoms with Crippen LogP contribution in [0.4, 0.5) is 10.2 Å². The summed E-state index contributed by atoms with van der Waals surface area (Å²) in [5.41, 5.74) is 1.77. The molecule has 0 radical (unpaired) electrons. The summed E-state index contributed by atoms with van der Waals surface area (Å²) in [5, 5.41) is 5.99. The number of hydrogen-bond donors (Lipinski definition) is 2. The lowest BCUT2D eigenvalue weighted by atomic mass is 10.3. The van der Waals surface area contributed by atoms with Crippen LogP contribution < -0.4 is 10.6 Å². The zero-order chi connectivity index (χ0) is 20.6. The van der Waals surface area contributed by atoms with Crippen molar-refractivity contribution in [2.45, 2.75) is 6.92 Å². The summed E-state index contributed by atoms with van der Waals surface area (Å²) in [6.45, 7) is 5.46. The third-order valence-electron chi connectivity index (χ3n) is 4.35. The molecule has 2 aromatic heterocycles. The molecule has 1 aromatic carbocycles. The second-order valence-corrected chi connectivity index (χ2v) is 7.60. The number of hydrogen-bond acceptors (Lipinski definition) is 6. The van der Waals surface area contributed by atoms with Gasteiger partial charge < -0.3 is 15.5 Å². The van der Waals surface area contributed by atoms with Crippen molar-refractivity contribution in [3.8, 4) is 0 Å². The number of nitrogens with one attached hydrogen (secondary N) is 2. The first-order chi connectivity index (χ1) is 14.0. The van der Waals surface area contributed by atoms with Gasteiger partial charge in [-0.15, -0.1) is 24.8 Å². The van der Waals surface area contributed by atoms with Gasteiger partial charge >= 0.3 is 0 Å². The summed E-state index contributed by atoms with van der Waals surface area (Å²) in [6, 6.07) is 10.4. The molecule has 7 nitrogen and oxygen atoms in total. The van der Waals surface area contributed by atoms with Crippen LogP contribution in [0.3, 0.4) is 0 Å². The van der Waals surface area contributed by atoms with E-state index in [4.69, 9.17) is 0 Å². The Morgan fingerprint density at radius 1 is 1.10 bits per heavy atom. The number of rotatable bonds is 9. The molecule has 0 atom stereocenters. The zero-order valence-corrected chi connectivity index (χ0v) is 20.6. The molecule has 0 unspecified atom stereocenters. The lowest BCUT2D eigenvalue weighted by Crippen LogP contribution is -2.37. The molecule has 11 heteroatoms. The number of aromatic nitrogens is 3. The fraction of sp³-hybridized carbons (Fsp3) is 0.300. The third-order valence-corrected chi connectivity index (χ3v) is 5.02. The van der Waals surface area contributed by atoms with E-state index in [1.807, 2.05) is 18.2 Å². The van der Waals surface area contributed by atoms with Gasteiger partial charge in [-0.25, -0.2) is 9.97 Å². The Bertz CT molecular complexity index is 997. The average Bonchev–Trinajstić information content (AvgIpc) is 2.72. The van der Waals surface area contributed by atoms with E-state index in [9.17, 15) is 9.18 Å². The molecule has 2 N–H and O–H groups in total. The summed E-state index contributed by atoms with van der Waals surface area (Å²) in [6.07, 6.45) is 1.50. The van der Waals surface area contributed by atoms with E-state index in [1.54, 1.807) is 12.1 Å². The molecule has 0 saturated carbocycles. The van der Waals surface area contributed by atoms with Gasteiger partial charge in [0, 0.05) is 29.7 Å². The monoisotopic (exact) mass is 578 g/mol. The SMILES string of the molecule is CCN(CCNC(=O)c1cnc2cc([125I])ccc2n1)CCNc1cccc(F)n1.Cl.Cl. The van der Waals surface area contributed by atoms with E-state index in [1.165, 1.54) is 12.3 Å². The first-order valence-corrected chi connectivity index (χ1v) is 10.4. The van der Waals surface area contributed by atoms with Gasteiger partial charge in [0.2, 0.25) is 5.95 Å². The number of halogens is 4. The van der Waals surface area contributed by atoms with Crippen LogP contribution in [0.5, 0.6) is 0 Å². The van der Waals surface area contributed by atoms with Gasteiger partial charge in [0.25, 0.3) is 5.91 Å². The highest BCUT2D eigenvalue weighted by Gasteiger charge is 2.10. The summed E-state index contributed by atoms with van der Waals surface area (Å²) in [7, 11) is 0. The highest BCUT2D eigenvalue weighted by Crippen LogP contribution is 2.13. The van der Waals surface area contributed by atoms with E-state index in [-0.39, 0.29) is 30.7 Å². The minimum atomic E-state index is -0.503. The summed E-state index contributed by atoms with van der Waals surface area (Å²) in [4.78, 5) is 27.0. The van der Waals surface area contributed by atoms with Gasteiger partial charge in [-0.1, -0.05) is 13.0 Å². The third kappa shape index (κ3) is 8.32. The maximum atomic E-state index is 13.1.